The number of allylic oxidation sites excluding steroid dienone is 1. The smallest absolute Gasteiger partial charge is 0.412 e. The number of unbranched alkanes of at least 4 members (excludes halogenated alkanes) is 11. The van der Waals surface area contributed by atoms with E-state index in [9.17, 15) is 35.0 Å². The third-order valence-electron chi connectivity index (χ3n) is 13.8. The molecular weight excluding hydrogens is 948 g/mol. The zero-order valence-electron chi connectivity index (χ0n) is 42.2. The molecule has 4 N–H and O–H groups in total. The Bertz CT molecular complexity index is 2040. The fourth-order valence-electron chi connectivity index (χ4n) is 10.5. The number of ether oxygens (including phenoxy) is 5. The van der Waals surface area contributed by atoms with Crippen LogP contribution in [0, 0.1) is 27.9 Å². The van der Waals surface area contributed by atoms with Gasteiger partial charge in [0.15, 0.2) is 0 Å². The normalized spacial score (nSPS) is 21.4. The van der Waals surface area contributed by atoms with E-state index in [-0.39, 0.29) is 89.2 Å². The van der Waals surface area contributed by atoms with Gasteiger partial charge in [0, 0.05) is 56.3 Å². The Morgan fingerprint density at radius 2 is 1.64 bits per heavy atom. The number of fused-ring (bicyclic) bond motifs is 2. The molecular formula is C54H79ClN4O13. The van der Waals surface area contributed by atoms with Gasteiger partial charge in [-0.25, -0.2) is 9.59 Å². The fraction of sp³-hybridized carbons (Fsp3) is 0.648. The van der Waals surface area contributed by atoms with Gasteiger partial charge in [-0.1, -0.05) is 94.9 Å². The second kappa shape index (κ2) is 31.7. The average molecular weight is 1030 g/mol. The van der Waals surface area contributed by atoms with Crippen molar-refractivity contribution in [3.8, 4) is 11.5 Å². The van der Waals surface area contributed by atoms with Gasteiger partial charge in [0.1, 0.15) is 30.8 Å². The third kappa shape index (κ3) is 16.6. The lowest BCUT2D eigenvalue weighted by Gasteiger charge is -2.59. The number of alkyl halides is 1. The number of nitrogens with one attached hydrogen (secondary N) is 1. The average Bonchev–Trinajstić information content (AvgIpc) is 3.38. The standard InChI is InChI=1S/C54H79ClN4O13/c1-3-5-6-7-8-9-10-11-12-15-27-56-52(63)71-43-24-25-48-46(37-43)50-44(19-14-17-30-61)41(18-13-16-29-60)36-45-47(57-70-39-40-20-22-42(23-21-40)59(65)66)38-49(54(72-48,51(45)50)69-32-4-2)58(28-34-67-35-31-62)53(64)68-33-26-55/h4,20-25,36-37,41,44,49-51,60-62H,2-3,5-19,26-35,38-39H2,1H3,(H,56,63). The molecule has 6 atom stereocenters. The Morgan fingerprint density at radius 1 is 0.931 bits per heavy atom. The molecule has 0 radical (unpaired) electrons. The van der Waals surface area contributed by atoms with Crippen molar-refractivity contribution >= 4 is 35.2 Å². The number of hydrogen-bond donors (Lipinski definition) is 4. The van der Waals surface area contributed by atoms with Crippen LogP contribution in [-0.4, -0.2) is 120 Å². The molecule has 5 rings (SSSR count). The molecule has 72 heavy (non-hydrogen) atoms. The second-order valence-corrected chi connectivity index (χ2v) is 19.2. The third-order valence-corrected chi connectivity index (χ3v) is 14.0. The van der Waals surface area contributed by atoms with Gasteiger partial charge in [0.25, 0.3) is 5.69 Å². The molecule has 0 bridgehead atoms. The summed E-state index contributed by atoms with van der Waals surface area (Å²) in [7, 11) is 0. The number of amides is 2. The van der Waals surface area contributed by atoms with Crippen LogP contribution < -0.4 is 14.8 Å². The molecule has 6 unspecified atom stereocenters. The van der Waals surface area contributed by atoms with Crippen molar-refractivity contribution in [2.24, 2.45) is 22.9 Å². The summed E-state index contributed by atoms with van der Waals surface area (Å²) >= 11 is 6.05. The summed E-state index contributed by atoms with van der Waals surface area (Å²) in [5, 5.41) is 48.7. The van der Waals surface area contributed by atoms with Gasteiger partial charge >= 0.3 is 12.2 Å². The molecule has 0 aromatic heterocycles. The first kappa shape index (κ1) is 58.1. The van der Waals surface area contributed by atoms with Gasteiger partial charge in [0.05, 0.1) is 48.9 Å². The zero-order valence-corrected chi connectivity index (χ0v) is 43.0. The van der Waals surface area contributed by atoms with Crippen molar-refractivity contribution in [1.82, 2.24) is 10.2 Å². The highest BCUT2D eigenvalue weighted by Crippen LogP contribution is 2.62. The highest BCUT2D eigenvalue weighted by molar-refractivity contribution is 6.18. The van der Waals surface area contributed by atoms with Crippen LogP contribution in [0.4, 0.5) is 15.3 Å². The topological polar surface area (TPSA) is 221 Å². The van der Waals surface area contributed by atoms with E-state index in [0.717, 1.165) is 36.8 Å². The first-order chi connectivity index (χ1) is 35.2. The Balaban J connectivity index is 1.59. The van der Waals surface area contributed by atoms with Crippen molar-refractivity contribution in [2.75, 3.05) is 65.2 Å². The number of non-ortho nitro benzene ring substituents is 1. The molecule has 1 heterocycles. The van der Waals surface area contributed by atoms with Gasteiger partial charge in [-0.05, 0) is 85.4 Å². The molecule has 2 aromatic rings. The lowest BCUT2D eigenvalue weighted by atomic mass is 9.55. The van der Waals surface area contributed by atoms with Crippen LogP contribution in [0.2, 0.25) is 0 Å². The molecule has 17 nitrogen and oxygen atoms in total. The van der Waals surface area contributed by atoms with Crippen molar-refractivity contribution < 1.29 is 58.4 Å². The van der Waals surface area contributed by atoms with E-state index in [1.165, 1.54) is 62.0 Å². The lowest BCUT2D eigenvalue weighted by molar-refractivity contribution is -0.384. The Morgan fingerprint density at radius 3 is 2.31 bits per heavy atom. The number of rotatable bonds is 35. The van der Waals surface area contributed by atoms with Gasteiger partial charge in [-0.3, -0.25) is 15.0 Å². The predicted molar refractivity (Wildman–Crippen MR) is 275 cm³/mol. The van der Waals surface area contributed by atoms with E-state index in [1.807, 2.05) is 6.07 Å². The number of oxime groups is 1. The molecule has 2 amide bonds. The van der Waals surface area contributed by atoms with Crippen LogP contribution in [0.1, 0.15) is 133 Å². The summed E-state index contributed by atoms with van der Waals surface area (Å²) < 4.78 is 31.7. The fourth-order valence-corrected chi connectivity index (χ4v) is 10.5. The molecule has 1 fully saturated rings. The maximum Gasteiger partial charge on any atom is 0.412 e. The summed E-state index contributed by atoms with van der Waals surface area (Å²) in [5.41, 5.74) is 2.63. The Labute approximate surface area is 430 Å². The van der Waals surface area contributed by atoms with E-state index in [1.54, 1.807) is 30.3 Å². The largest absolute Gasteiger partial charge is 0.459 e. The lowest BCUT2D eigenvalue weighted by Crippen LogP contribution is -2.70. The highest BCUT2D eigenvalue weighted by Gasteiger charge is 2.65. The summed E-state index contributed by atoms with van der Waals surface area (Å²) in [4.78, 5) is 46.3. The van der Waals surface area contributed by atoms with E-state index in [2.05, 4.69) is 24.9 Å². The number of hydrogen-bond acceptors (Lipinski definition) is 14. The van der Waals surface area contributed by atoms with E-state index < -0.39 is 40.8 Å². The van der Waals surface area contributed by atoms with Crippen molar-refractivity contribution in [1.29, 1.82) is 0 Å². The van der Waals surface area contributed by atoms with Crippen LogP contribution in [0.5, 0.6) is 11.5 Å². The molecule has 2 aliphatic carbocycles. The SMILES string of the molecule is C=CCOC12Oc3ccc(OC(=O)NCCCCCCCCCCCC)cc3C3C(CCCCO)C(CCCCO)C=C(C(=NOCc4ccc([N+](=O)[O-])cc4)CC1N(CCOCCO)C(=O)OCCCl)C32. The minimum Gasteiger partial charge on any atom is -0.459 e. The van der Waals surface area contributed by atoms with Crippen molar-refractivity contribution in [3.05, 3.63) is 88.0 Å². The van der Waals surface area contributed by atoms with Crippen LogP contribution in [0.15, 0.2) is 71.9 Å². The van der Waals surface area contributed by atoms with Crippen LogP contribution >= 0.6 is 11.6 Å². The van der Waals surface area contributed by atoms with Gasteiger partial charge < -0.3 is 49.2 Å². The van der Waals surface area contributed by atoms with Gasteiger partial charge in [-0.15, -0.1) is 18.2 Å². The number of aliphatic hydroxyl groups is 3. The van der Waals surface area contributed by atoms with Gasteiger partial charge in [0.2, 0.25) is 5.79 Å². The maximum absolute atomic E-state index is 14.4. The minimum atomic E-state index is -1.62. The van der Waals surface area contributed by atoms with Crippen molar-refractivity contribution in [2.45, 2.75) is 140 Å². The number of benzene rings is 2. The number of aliphatic hydroxyl groups excluding tert-OH is 3. The molecule has 0 spiro atoms. The summed E-state index contributed by atoms with van der Waals surface area (Å²) in [5.74, 6) is -2.06. The number of carbonyl (C=O) groups is 2. The van der Waals surface area contributed by atoms with Crippen LogP contribution in [0.25, 0.3) is 0 Å². The second-order valence-electron chi connectivity index (χ2n) is 18.8. The van der Waals surface area contributed by atoms with E-state index in [0.29, 0.717) is 61.4 Å². The quantitative estimate of drug-likeness (QED) is 0.0166. The minimum absolute atomic E-state index is 0.000698. The monoisotopic (exact) mass is 1030 g/mol. The number of nitrogens with zero attached hydrogens (tertiary/aromatic N) is 3. The molecule has 1 aliphatic heterocycles. The first-order valence-corrected chi connectivity index (χ1v) is 26.8. The predicted octanol–water partition coefficient (Wildman–Crippen LogP) is 10.1. The first-order valence-electron chi connectivity index (χ1n) is 26.2. The number of nitro groups is 1. The molecule has 0 saturated heterocycles. The highest BCUT2D eigenvalue weighted by atomic mass is 35.5. The van der Waals surface area contributed by atoms with Gasteiger partial charge in [-0.2, -0.15) is 0 Å². The molecule has 2 aromatic carbocycles. The van der Waals surface area contributed by atoms with E-state index in [4.69, 9.17) is 45.3 Å². The summed E-state index contributed by atoms with van der Waals surface area (Å²) in [6.07, 6.45) is 18.4. The number of carbonyl (C=O) groups excluding carboxylic acids is 2. The molecule has 3 aliphatic rings. The van der Waals surface area contributed by atoms with Crippen LogP contribution in [0.3, 0.4) is 0 Å². The van der Waals surface area contributed by atoms with Crippen molar-refractivity contribution in [3.63, 3.8) is 0 Å². The number of nitro benzene ring substituents is 1. The Hall–Kier alpha value is -4.78. The summed E-state index contributed by atoms with van der Waals surface area (Å²) in [6, 6.07) is 10.4. The molecule has 18 heteroatoms. The Kier molecular flexibility index (Phi) is 25.6. The van der Waals surface area contributed by atoms with Crippen LogP contribution in [-0.2, 0) is 25.7 Å². The zero-order chi connectivity index (χ0) is 51.6. The number of halogens is 1. The molecule has 1 saturated carbocycles. The molecule has 400 valence electrons. The van der Waals surface area contributed by atoms with E-state index >= 15 is 0 Å². The maximum atomic E-state index is 14.4. The summed E-state index contributed by atoms with van der Waals surface area (Å²) in [6.45, 7) is 6.49.